The zero-order chi connectivity index (χ0) is 15.5. The van der Waals surface area contributed by atoms with Crippen LogP contribution in [0.1, 0.15) is 45.8 Å². The van der Waals surface area contributed by atoms with Crippen molar-refractivity contribution in [1.82, 2.24) is 4.98 Å². The molecule has 0 radical (unpaired) electrons. The number of rotatable bonds is 6. The first-order chi connectivity index (χ1) is 11.4. The molecule has 1 aliphatic rings. The Kier molecular flexibility index (Phi) is 4.49. The average Bonchev–Trinajstić information content (AvgIpc) is 3.36. The molecule has 0 saturated heterocycles. The fourth-order valence-corrected chi connectivity index (χ4v) is 5.00. The van der Waals surface area contributed by atoms with Crippen LogP contribution in [0, 0.1) is 0 Å². The number of thiazole rings is 1. The van der Waals surface area contributed by atoms with E-state index in [-0.39, 0.29) is 0 Å². The van der Waals surface area contributed by atoms with Crippen molar-refractivity contribution in [3.63, 3.8) is 0 Å². The summed E-state index contributed by atoms with van der Waals surface area (Å²) in [5, 5.41) is 3.95. The number of hydrogen-bond donors (Lipinski definition) is 0. The summed E-state index contributed by atoms with van der Waals surface area (Å²) in [6.07, 6.45) is 2.66. The lowest BCUT2D eigenvalue weighted by atomic mass is 10.0. The molecule has 116 valence electrons. The second-order valence-electron chi connectivity index (χ2n) is 5.96. The summed E-state index contributed by atoms with van der Waals surface area (Å²) in [4.78, 5) is 4.83. The maximum atomic E-state index is 4.83. The monoisotopic (exact) mass is 337 g/mol. The third-order valence-corrected chi connectivity index (χ3v) is 6.49. The Bertz CT molecular complexity index is 708. The van der Waals surface area contributed by atoms with Gasteiger partial charge in [-0.15, -0.1) is 23.1 Å². The predicted octanol–water partition coefficient (Wildman–Crippen LogP) is 6.04. The van der Waals surface area contributed by atoms with E-state index in [1.807, 2.05) is 23.1 Å². The first-order valence-corrected chi connectivity index (χ1v) is 9.99. The fraction of sp³-hybridized carbons (Fsp3) is 0.250. The molecule has 0 unspecified atom stereocenters. The Morgan fingerprint density at radius 2 is 1.57 bits per heavy atom. The summed E-state index contributed by atoms with van der Waals surface area (Å²) < 4.78 is 0. The van der Waals surface area contributed by atoms with Crippen molar-refractivity contribution < 1.29 is 0 Å². The van der Waals surface area contributed by atoms with Crippen molar-refractivity contribution in [2.45, 2.75) is 29.8 Å². The van der Waals surface area contributed by atoms with Gasteiger partial charge in [-0.3, -0.25) is 0 Å². The van der Waals surface area contributed by atoms with E-state index in [0.717, 1.165) is 11.7 Å². The van der Waals surface area contributed by atoms with Gasteiger partial charge in [-0.25, -0.2) is 4.98 Å². The molecule has 23 heavy (non-hydrogen) atoms. The molecule has 1 fully saturated rings. The number of hydrogen-bond acceptors (Lipinski definition) is 3. The van der Waals surface area contributed by atoms with Crippen LogP contribution in [0.3, 0.4) is 0 Å². The van der Waals surface area contributed by atoms with Gasteiger partial charge in [0.2, 0.25) is 0 Å². The van der Waals surface area contributed by atoms with Gasteiger partial charge in [-0.2, -0.15) is 0 Å². The normalized spacial score (nSPS) is 14.3. The highest BCUT2D eigenvalue weighted by Gasteiger charge is 2.26. The van der Waals surface area contributed by atoms with Crippen LogP contribution in [0.15, 0.2) is 66.0 Å². The Balaban J connectivity index is 1.53. The van der Waals surface area contributed by atoms with Gasteiger partial charge < -0.3 is 0 Å². The van der Waals surface area contributed by atoms with Gasteiger partial charge in [0.15, 0.2) is 0 Å². The molecular weight excluding hydrogens is 318 g/mol. The summed E-state index contributed by atoms with van der Waals surface area (Å²) in [7, 11) is 0. The fourth-order valence-electron chi connectivity index (χ4n) is 2.72. The quantitative estimate of drug-likeness (QED) is 0.543. The molecule has 1 aromatic heterocycles. The van der Waals surface area contributed by atoms with Crippen LogP contribution in [0.2, 0.25) is 0 Å². The molecule has 4 rings (SSSR count). The van der Waals surface area contributed by atoms with Gasteiger partial charge in [-0.05, 0) is 24.0 Å². The van der Waals surface area contributed by atoms with E-state index in [2.05, 4.69) is 66.0 Å². The summed E-state index contributed by atoms with van der Waals surface area (Å²) in [5.41, 5.74) is 3.96. The van der Waals surface area contributed by atoms with Crippen LogP contribution in [0.25, 0.3) is 0 Å². The zero-order valence-corrected chi connectivity index (χ0v) is 14.5. The number of thioether (sulfide) groups is 1. The van der Waals surface area contributed by atoms with E-state index >= 15 is 0 Å². The van der Waals surface area contributed by atoms with Gasteiger partial charge in [0.25, 0.3) is 0 Å². The molecule has 0 aliphatic heterocycles. The minimum Gasteiger partial charge on any atom is -0.245 e. The van der Waals surface area contributed by atoms with E-state index < -0.39 is 0 Å². The Morgan fingerprint density at radius 1 is 0.957 bits per heavy atom. The van der Waals surface area contributed by atoms with Crippen molar-refractivity contribution in [2.24, 2.45) is 0 Å². The van der Waals surface area contributed by atoms with Crippen molar-refractivity contribution >= 4 is 23.1 Å². The van der Waals surface area contributed by atoms with Gasteiger partial charge >= 0.3 is 0 Å². The van der Waals surface area contributed by atoms with Gasteiger partial charge in [0, 0.05) is 17.1 Å². The smallest absolute Gasteiger partial charge is 0.0959 e. The van der Waals surface area contributed by atoms with E-state index in [1.165, 1.54) is 34.7 Å². The Morgan fingerprint density at radius 3 is 2.13 bits per heavy atom. The van der Waals surface area contributed by atoms with E-state index in [1.54, 1.807) is 0 Å². The highest BCUT2D eigenvalue weighted by atomic mass is 32.2. The van der Waals surface area contributed by atoms with Crippen molar-refractivity contribution in [3.05, 3.63) is 87.9 Å². The van der Waals surface area contributed by atoms with Crippen LogP contribution in [0.4, 0.5) is 0 Å². The molecule has 3 heteroatoms. The molecule has 1 nitrogen and oxygen atoms in total. The molecule has 2 aromatic carbocycles. The van der Waals surface area contributed by atoms with Crippen molar-refractivity contribution in [2.75, 3.05) is 0 Å². The SMILES string of the molecule is c1ccc(C(SCc2csc(C3CC3)n2)c2ccccc2)cc1. The minimum absolute atomic E-state index is 0.364. The second-order valence-corrected chi connectivity index (χ2v) is 7.95. The highest BCUT2D eigenvalue weighted by molar-refractivity contribution is 7.98. The van der Waals surface area contributed by atoms with Crippen LogP contribution in [-0.4, -0.2) is 4.98 Å². The lowest BCUT2D eigenvalue weighted by Gasteiger charge is -2.17. The number of benzene rings is 2. The van der Waals surface area contributed by atoms with Crippen LogP contribution in [-0.2, 0) is 5.75 Å². The van der Waals surface area contributed by atoms with E-state index in [0.29, 0.717) is 5.25 Å². The van der Waals surface area contributed by atoms with E-state index in [9.17, 15) is 0 Å². The minimum atomic E-state index is 0.364. The molecule has 0 atom stereocenters. The summed E-state index contributed by atoms with van der Waals surface area (Å²) in [6, 6.07) is 21.6. The molecule has 0 bridgehead atoms. The first-order valence-electron chi connectivity index (χ1n) is 8.06. The molecule has 1 aliphatic carbocycles. The van der Waals surface area contributed by atoms with Gasteiger partial charge in [0.1, 0.15) is 0 Å². The maximum absolute atomic E-state index is 4.83. The lowest BCUT2D eigenvalue weighted by Crippen LogP contribution is -1.97. The number of nitrogens with zero attached hydrogens (tertiary/aromatic N) is 1. The largest absolute Gasteiger partial charge is 0.245 e. The predicted molar refractivity (Wildman–Crippen MR) is 100 cm³/mol. The zero-order valence-electron chi connectivity index (χ0n) is 12.9. The lowest BCUT2D eigenvalue weighted by molar-refractivity contribution is 1.05. The molecule has 0 amide bonds. The van der Waals surface area contributed by atoms with Crippen LogP contribution >= 0.6 is 23.1 Å². The Hall–Kier alpha value is -1.58. The topological polar surface area (TPSA) is 12.9 Å². The van der Waals surface area contributed by atoms with Crippen molar-refractivity contribution in [1.29, 1.82) is 0 Å². The van der Waals surface area contributed by atoms with Gasteiger partial charge in [0.05, 0.1) is 16.0 Å². The molecular formula is C20H19NS2. The molecule has 0 spiro atoms. The third-order valence-electron chi connectivity index (χ3n) is 4.10. The second kappa shape index (κ2) is 6.90. The molecule has 1 saturated carbocycles. The van der Waals surface area contributed by atoms with E-state index in [4.69, 9.17) is 4.98 Å². The molecule has 1 heterocycles. The summed E-state index contributed by atoms with van der Waals surface area (Å²) in [6.45, 7) is 0. The Labute approximate surface area is 145 Å². The summed E-state index contributed by atoms with van der Waals surface area (Å²) >= 11 is 3.81. The third kappa shape index (κ3) is 3.67. The van der Waals surface area contributed by atoms with Gasteiger partial charge in [-0.1, -0.05) is 60.7 Å². The van der Waals surface area contributed by atoms with Crippen LogP contribution in [0.5, 0.6) is 0 Å². The first kappa shape index (κ1) is 15.0. The molecule has 0 N–H and O–H groups in total. The average molecular weight is 338 g/mol. The highest BCUT2D eigenvalue weighted by Crippen LogP contribution is 2.42. The maximum Gasteiger partial charge on any atom is 0.0959 e. The standard InChI is InChI=1S/C20H19NS2/c1-3-7-15(8-4-1)19(16-9-5-2-6-10-16)22-13-18-14-23-20(21-18)17-11-12-17/h1-10,14,17,19H,11-13H2. The molecule has 3 aromatic rings. The number of aromatic nitrogens is 1. The summed E-state index contributed by atoms with van der Waals surface area (Å²) in [5.74, 6) is 1.73. The van der Waals surface area contributed by atoms with Crippen molar-refractivity contribution in [3.8, 4) is 0 Å². The van der Waals surface area contributed by atoms with Crippen LogP contribution < -0.4 is 0 Å².